The van der Waals surface area contributed by atoms with Crippen LogP contribution in [0.15, 0.2) is 24.3 Å². The van der Waals surface area contributed by atoms with Crippen LogP contribution in [0.3, 0.4) is 0 Å². The topological polar surface area (TPSA) is 29.5 Å². The van der Waals surface area contributed by atoms with Gasteiger partial charge in [-0.05, 0) is 37.7 Å². The SMILES string of the molecule is CCOc1ccccc1C(O)C1CCC(C)C1. The average Bonchev–Trinajstić information content (AvgIpc) is 2.76. The lowest BCUT2D eigenvalue weighted by Crippen LogP contribution is -2.11. The molecule has 0 saturated heterocycles. The number of para-hydroxylation sites is 1. The largest absolute Gasteiger partial charge is 0.493 e. The van der Waals surface area contributed by atoms with Gasteiger partial charge in [0.15, 0.2) is 0 Å². The van der Waals surface area contributed by atoms with Gasteiger partial charge in [-0.1, -0.05) is 31.5 Å². The molecule has 1 N–H and O–H groups in total. The molecule has 2 nitrogen and oxygen atoms in total. The summed E-state index contributed by atoms with van der Waals surface area (Å²) in [5, 5.41) is 10.5. The number of rotatable bonds is 4. The fourth-order valence-electron chi connectivity index (χ4n) is 2.80. The first-order valence-corrected chi connectivity index (χ1v) is 6.62. The predicted molar refractivity (Wildman–Crippen MR) is 69.1 cm³/mol. The van der Waals surface area contributed by atoms with E-state index >= 15 is 0 Å². The third-order valence-electron chi connectivity index (χ3n) is 3.72. The van der Waals surface area contributed by atoms with E-state index in [9.17, 15) is 5.11 Å². The summed E-state index contributed by atoms with van der Waals surface area (Å²) in [4.78, 5) is 0. The van der Waals surface area contributed by atoms with Crippen molar-refractivity contribution in [1.29, 1.82) is 0 Å². The average molecular weight is 234 g/mol. The molecule has 17 heavy (non-hydrogen) atoms. The van der Waals surface area contributed by atoms with Crippen molar-refractivity contribution in [2.24, 2.45) is 11.8 Å². The van der Waals surface area contributed by atoms with Crippen LogP contribution in [0.2, 0.25) is 0 Å². The minimum absolute atomic E-state index is 0.373. The van der Waals surface area contributed by atoms with Gasteiger partial charge in [-0.25, -0.2) is 0 Å². The normalized spacial score (nSPS) is 25.8. The standard InChI is InChI=1S/C15H22O2/c1-3-17-14-7-5-4-6-13(14)15(16)12-9-8-11(2)10-12/h4-7,11-12,15-16H,3,8-10H2,1-2H3. The Morgan fingerprint density at radius 2 is 2.12 bits per heavy atom. The first-order valence-electron chi connectivity index (χ1n) is 6.62. The van der Waals surface area contributed by atoms with Gasteiger partial charge in [0.2, 0.25) is 0 Å². The van der Waals surface area contributed by atoms with Crippen molar-refractivity contribution in [3.05, 3.63) is 29.8 Å². The summed E-state index contributed by atoms with van der Waals surface area (Å²) in [6.07, 6.45) is 3.12. The van der Waals surface area contributed by atoms with E-state index in [0.717, 1.165) is 30.1 Å². The summed E-state index contributed by atoms with van der Waals surface area (Å²) < 4.78 is 5.58. The zero-order chi connectivity index (χ0) is 12.3. The Kier molecular flexibility index (Phi) is 4.06. The molecule has 0 aromatic heterocycles. The molecule has 3 atom stereocenters. The van der Waals surface area contributed by atoms with E-state index in [4.69, 9.17) is 4.74 Å². The fourth-order valence-corrected chi connectivity index (χ4v) is 2.80. The van der Waals surface area contributed by atoms with Gasteiger partial charge in [-0.3, -0.25) is 0 Å². The number of benzene rings is 1. The minimum Gasteiger partial charge on any atom is -0.493 e. The first-order chi connectivity index (χ1) is 8.22. The van der Waals surface area contributed by atoms with Gasteiger partial charge in [-0.15, -0.1) is 0 Å². The Morgan fingerprint density at radius 1 is 1.35 bits per heavy atom. The molecule has 0 bridgehead atoms. The van der Waals surface area contributed by atoms with Crippen LogP contribution in [-0.2, 0) is 0 Å². The van der Waals surface area contributed by atoms with Gasteiger partial charge in [0.1, 0.15) is 5.75 Å². The van der Waals surface area contributed by atoms with E-state index in [1.54, 1.807) is 0 Å². The van der Waals surface area contributed by atoms with Crippen LogP contribution in [0.4, 0.5) is 0 Å². The van der Waals surface area contributed by atoms with Gasteiger partial charge in [0.05, 0.1) is 12.7 Å². The summed E-state index contributed by atoms with van der Waals surface area (Å²) in [5.41, 5.74) is 0.952. The molecule has 0 aliphatic heterocycles. The molecule has 1 saturated carbocycles. The molecule has 0 amide bonds. The van der Waals surface area contributed by atoms with E-state index in [0.29, 0.717) is 12.5 Å². The summed E-state index contributed by atoms with van der Waals surface area (Å²) in [6, 6.07) is 7.86. The molecule has 1 aromatic rings. The predicted octanol–water partition coefficient (Wildman–Crippen LogP) is 3.55. The Hall–Kier alpha value is -1.02. The molecule has 2 heteroatoms. The van der Waals surface area contributed by atoms with Gasteiger partial charge >= 0.3 is 0 Å². The fraction of sp³-hybridized carbons (Fsp3) is 0.600. The highest BCUT2D eigenvalue weighted by Crippen LogP contribution is 2.41. The molecule has 1 aromatic carbocycles. The van der Waals surface area contributed by atoms with Crippen molar-refractivity contribution in [1.82, 2.24) is 0 Å². The second kappa shape index (κ2) is 5.54. The summed E-state index contributed by atoms with van der Waals surface area (Å²) in [7, 11) is 0. The zero-order valence-corrected chi connectivity index (χ0v) is 10.7. The molecular weight excluding hydrogens is 212 g/mol. The molecule has 1 aliphatic carbocycles. The maximum Gasteiger partial charge on any atom is 0.125 e. The van der Waals surface area contributed by atoms with Crippen molar-refractivity contribution in [3.63, 3.8) is 0 Å². The quantitative estimate of drug-likeness (QED) is 0.863. The molecule has 1 aliphatic rings. The highest BCUT2D eigenvalue weighted by Gasteiger charge is 2.29. The summed E-state index contributed by atoms with van der Waals surface area (Å²) >= 11 is 0. The molecule has 2 rings (SSSR count). The molecule has 3 unspecified atom stereocenters. The van der Waals surface area contributed by atoms with Gasteiger partial charge < -0.3 is 9.84 Å². The Balaban J connectivity index is 2.15. The Bertz CT molecular complexity index is 362. The van der Waals surface area contributed by atoms with Crippen molar-refractivity contribution < 1.29 is 9.84 Å². The van der Waals surface area contributed by atoms with Crippen molar-refractivity contribution in [2.45, 2.75) is 39.2 Å². The molecule has 0 heterocycles. The monoisotopic (exact) mass is 234 g/mol. The van der Waals surface area contributed by atoms with Gasteiger partial charge in [0, 0.05) is 5.56 Å². The van der Waals surface area contributed by atoms with Crippen molar-refractivity contribution in [3.8, 4) is 5.75 Å². The zero-order valence-electron chi connectivity index (χ0n) is 10.7. The van der Waals surface area contributed by atoms with E-state index in [1.807, 2.05) is 31.2 Å². The second-order valence-corrected chi connectivity index (χ2v) is 5.09. The summed E-state index contributed by atoms with van der Waals surface area (Å²) in [6.45, 7) is 4.88. The number of aliphatic hydroxyl groups excluding tert-OH is 1. The Labute approximate surface area is 104 Å². The van der Waals surface area contributed by atoms with E-state index in [-0.39, 0.29) is 6.10 Å². The lowest BCUT2D eigenvalue weighted by atomic mass is 9.93. The highest BCUT2D eigenvalue weighted by molar-refractivity contribution is 5.35. The van der Waals surface area contributed by atoms with Crippen LogP contribution < -0.4 is 4.74 Å². The van der Waals surface area contributed by atoms with Crippen LogP contribution >= 0.6 is 0 Å². The first kappa shape index (κ1) is 12.4. The number of hydrogen-bond acceptors (Lipinski definition) is 2. The molecule has 0 radical (unpaired) electrons. The molecule has 94 valence electrons. The second-order valence-electron chi connectivity index (χ2n) is 5.09. The van der Waals surface area contributed by atoms with Crippen molar-refractivity contribution >= 4 is 0 Å². The smallest absolute Gasteiger partial charge is 0.125 e. The maximum absolute atomic E-state index is 10.5. The van der Waals surface area contributed by atoms with Gasteiger partial charge in [0.25, 0.3) is 0 Å². The van der Waals surface area contributed by atoms with E-state index in [1.165, 1.54) is 6.42 Å². The van der Waals surface area contributed by atoms with Crippen molar-refractivity contribution in [2.75, 3.05) is 6.61 Å². The highest BCUT2D eigenvalue weighted by atomic mass is 16.5. The van der Waals surface area contributed by atoms with Crippen LogP contribution in [0.5, 0.6) is 5.75 Å². The third kappa shape index (κ3) is 2.81. The van der Waals surface area contributed by atoms with Crippen LogP contribution in [-0.4, -0.2) is 11.7 Å². The van der Waals surface area contributed by atoms with Crippen LogP contribution in [0.1, 0.15) is 44.8 Å². The molecule has 0 spiro atoms. The van der Waals surface area contributed by atoms with E-state index < -0.39 is 0 Å². The lowest BCUT2D eigenvalue weighted by molar-refractivity contribution is 0.106. The van der Waals surface area contributed by atoms with E-state index in [2.05, 4.69) is 6.92 Å². The molecule has 1 fully saturated rings. The summed E-state index contributed by atoms with van der Waals surface area (Å²) in [5.74, 6) is 1.97. The van der Waals surface area contributed by atoms with Gasteiger partial charge in [-0.2, -0.15) is 0 Å². The minimum atomic E-state index is -0.373. The number of aliphatic hydroxyl groups is 1. The third-order valence-corrected chi connectivity index (χ3v) is 3.72. The molecular formula is C15H22O2. The number of ether oxygens (including phenoxy) is 1. The van der Waals surface area contributed by atoms with Crippen LogP contribution in [0, 0.1) is 11.8 Å². The number of hydrogen-bond donors (Lipinski definition) is 1. The maximum atomic E-state index is 10.5. The Morgan fingerprint density at radius 3 is 2.76 bits per heavy atom. The lowest BCUT2D eigenvalue weighted by Gasteiger charge is -2.21. The van der Waals surface area contributed by atoms with Crippen LogP contribution in [0.25, 0.3) is 0 Å².